The number of carbonyl (C=O) groups excluding carboxylic acids is 3. The van der Waals surface area contributed by atoms with E-state index >= 15 is 0 Å². The summed E-state index contributed by atoms with van der Waals surface area (Å²) in [4.78, 5) is 56.9. The monoisotopic (exact) mass is 611 g/mol. The van der Waals surface area contributed by atoms with Crippen molar-refractivity contribution in [3.8, 4) is 5.75 Å². The summed E-state index contributed by atoms with van der Waals surface area (Å²) in [6.45, 7) is -0.306. The number of nitrogens with zero attached hydrogens (tertiary/aromatic N) is 1. The van der Waals surface area contributed by atoms with Gasteiger partial charge in [-0.25, -0.2) is 4.90 Å². The number of aromatic nitrogens is 1. The van der Waals surface area contributed by atoms with Crippen LogP contribution in [0.1, 0.15) is 16.4 Å². The maximum Gasteiger partial charge on any atom is 0.305 e. The zero-order chi connectivity index (χ0) is 28.0. The zero-order valence-electron chi connectivity index (χ0n) is 20.4. The standard InChI is InChI=1S/C28H19Cl2N3O5S2/c29-14-6-9-17(10-7-14)33-26(35)22-21(23-25(32-28(37)40-23)39-24(22)27(33)36)18-12-15(30)8-11-19(18)38-13-20(34)31-16-4-2-1-3-5-16/h1-12,21-22,24H,13H2,(H,31,34)(H,32,37)/t21-,22?,24?/m1/s1. The number of H-pyrrole nitrogens is 1. The number of rotatable bonds is 6. The quantitative estimate of drug-likeness (QED) is 0.276. The highest BCUT2D eigenvalue weighted by Crippen LogP contribution is 2.54. The Hall–Kier alpha value is -3.57. The molecule has 1 fully saturated rings. The van der Waals surface area contributed by atoms with Gasteiger partial charge < -0.3 is 15.0 Å². The first kappa shape index (κ1) is 26.6. The Morgan fingerprint density at radius 1 is 0.950 bits per heavy atom. The van der Waals surface area contributed by atoms with Crippen molar-refractivity contribution in [2.24, 2.45) is 5.92 Å². The van der Waals surface area contributed by atoms with Gasteiger partial charge in [0.05, 0.1) is 16.6 Å². The molecule has 2 aliphatic heterocycles. The molecule has 2 aliphatic rings. The third-order valence-corrected chi connectivity index (χ3v) is 9.52. The lowest BCUT2D eigenvalue weighted by Crippen LogP contribution is -2.32. The van der Waals surface area contributed by atoms with Gasteiger partial charge in [-0.2, -0.15) is 0 Å². The maximum atomic E-state index is 13.9. The van der Waals surface area contributed by atoms with E-state index in [0.29, 0.717) is 42.6 Å². The van der Waals surface area contributed by atoms with E-state index in [4.69, 9.17) is 27.9 Å². The van der Waals surface area contributed by atoms with Crippen molar-refractivity contribution >= 4 is 75.4 Å². The molecule has 0 spiro atoms. The number of imide groups is 1. The van der Waals surface area contributed by atoms with E-state index < -0.39 is 28.9 Å². The summed E-state index contributed by atoms with van der Waals surface area (Å²) in [6.07, 6.45) is 0. The Labute approximate surface area is 246 Å². The second kappa shape index (κ2) is 10.8. The molecule has 4 aromatic rings. The van der Waals surface area contributed by atoms with Crippen molar-refractivity contribution in [1.29, 1.82) is 0 Å². The van der Waals surface area contributed by atoms with Crippen molar-refractivity contribution in [3.05, 3.63) is 103 Å². The number of aromatic amines is 1. The van der Waals surface area contributed by atoms with Gasteiger partial charge in [-0.3, -0.25) is 19.2 Å². The van der Waals surface area contributed by atoms with Gasteiger partial charge in [-0.15, -0.1) is 0 Å². The first-order valence-corrected chi connectivity index (χ1v) is 14.6. The molecule has 2 N–H and O–H groups in total. The van der Waals surface area contributed by atoms with Crippen molar-refractivity contribution in [1.82, 2.24) is 4.98 Å². The number of nitrogens with one attached hydrogen (secondary N) is 2. The number of hydrogen-bond acceptors (Lipinski definition) is 7. The number of anilines is 2. The molecule has 1 aromatic heterocycles. The highest BCUT2D eigenvalue weighted by molar-refractivity contribution is 8.00. The SMILES string of the molecule is O=C(COc1ccc(Cl)cc1[C@H]1c2sc(=O)[nH]c2SC2C(=O)N(c3ccc(Cl)cc3)C(=O)C21)Nc1ccccc1. The summed E-state index contributed by atoms with van der Waals surface area (Å²) in [7, 11) is 0. The molecule has 0 radical (unpaired) electrons. The first-order chi connectivity index (χ1) is 19.3. The van der Waals surface area contributed by atoms with Crippen LogP contribution in [0.5, 0.6) is 5.75 Å². The summed E-state index contributed by atoms with van der Waals surface area (Å²) in [5, 5.41) is 3.35. The van der Waals surface area contributed by atoms with Gasteiger partial charge in [0.2, 0.25) is 11.8 Å². The molecule has 6 rings (SSSR count). The molecule has 0 aliphatic carbocycles. The molecule has 1 saturated heterocycles. The van der Waals surface area contributed by atoms with Crippen LogP contribution in [0.3, 0.4) is 0 Å². The molecule has 202 valence electrons. The molecule has 3 amide bonds. The van der Waals surface area contributed by atoms with Crippen molar-refractivity contribution in [3.63, 3.8) is 0 Å². The Morgan fingerprint density at radius 2 is 1.68 bits per heavy atom. The molecule has 0 bridgehead atoms. The molecule has 40 heavy (non-hydrogen) atoms. The third-order valence-electron chi connectivity index (χ3n) is 6.63. The lowest BCUT2D eigenvalue weighted by Gasteiger charge is -2.31. The number of halogens is 2. The van der Waals surface area contributed by atoms with Gasteiger partial charge in [-0.05, 0) is 54.6 Å². The molecule has 2 unspecified atom stereocenters. The molecule has 12 heteroatoms. The summed E-state index contributed by atoms with van der Waals surface area (Å²) < 4.78 is 5.95. The van der Waals surface area contributed by atoms with E-state index in [-0.39, 0.29) is 17.4 Å². The second-order valence-electron chi connectivity index (χ2n) is 9.12. The van der Waals surface area contributed by atoms with Gasteiger partial charge in [0, 0.05) is 32.1 Å². The minimum Gasteiger partial charge on any atom is -0.483 e. The van der Waals surface area contributed by atoms with Crippen LogP contribution in [0.4, 0.5) is 11.4 Å². The number of para-hydroxylation sites is 1. The number of fused-ring (bicyclic) bond motifs is 2. The van der Waals surface area contributed by atoms with Gasteiger partial charge in [0.25, 0.3) is 5.91 Å². The van der Waals surface area contributed by atoms with Gasteiger partial charge >= 0.3 is 4.87 Å². The Kier molecular flexibility index (Phi) is 7.18. The third kappa shape index (κ3) is 4.92. The van der Waals surface area contributed by atoms with Crippen molar-refractivity contribution in [2.75, 3.05) is 16.8 Å². The van der Waals surface area contributed by atoms with Crippen LogP contribution in [-0.2, 0) is 14.4 Å². The first-order valence-electron chi connectivity index (χ1n) is 12.1. The predicted molar refractivity (Wildman–Crippen MR) is 156 cm³/mol. The molecular weight excluding hydrogens is 593 g/mol. The van der Waals surface area contributed by atoms with Gasteiger partial charge in [0.1, 0.15) is 11.0 Å². The van der Waals surface area contributed by atoms with Crippen LogP contribution in [0.2, 0.25) is 10.0 Å². The average molecular weight is 613 g/mol. The number of carbonyl (C=O) groups is 3. The van der Waals surface area contributed by atoms with E-state index in [0.717, 1.165) is 11.3 Å². The number of thiazole rings is 1. The lowest BCUT2D eigenvalue weighted by molar-refractivity contribution is -0.122. The van der Waals surface area contributed by atoms with E-state index in [1.807, 2.05) is 6.07 Å². The summed E-state index contributed by atoms with van der Waals surface area (Å²) >= 11 is 14.6. The summed E-state index contributed by atoms with van der Waals surface area (Å²) in [5.41, 5.74) is 1.54. The molecule has 3 heterocycles. The fourth-order valence-corrected chi connectivity index (χ4v) is 7.77. The van der Waals surface area contributed by atoms with E-state index in [9.17, 15) is 19.2 Å². The van der Waals surface area contributed by atoms with Crippen LogP contribution in [0.25, 0.3) is 0 Å². The van der Waals surface area contributed by atoms with Crippen LogP contribution in [-0.4, -0.2) is 34.6 Å². The molecule has 3 atom stereocenters. The topological polar surface area (TPSA) is 109 Å². The fraction of sp³-hybridized carbons (Fsp3) is 0.143. The number of amides is 3. The number of ether oxygens (including phenoxy) is 1. The normalized spacial score (nSPS) is 19.8. The smallest absolute Gasteiger partial charge is 0.305 e. The number of thioether (sulfide) groups is 1. The minimum atomic E-state index is -0.842. The summed E-state index contributed by atoms with van der Waals surface area (Å²) in [5.74, 6) is -2.42. The van der Waals surface area contributed by atoms with Crippen LogP contribution in [0, 0.1) is 5.92 Å². The number of benzene rings is 3. The Bertz CT molecular complexity index is 1690. The van der Waals surface area contributed by atoms with Crippen molar-refractivity contribution in [2.45, 2.75) is 16.2 Å². The van der Waals surface area contributed by atoms with Crippen LogP contribution in [0.15, 0.2) is 82.6 Å². The molecule has 8 nitrogen and oxygen atoms in total. The van der Waals surface area contributed by atoms with E-state index in [1.165, 1.54) is 16.7 Å². The Balaban J connectivity index is 1.37. The fourth-order valence-electron chi connectivity index (χ4n) is 4.95. The number of hydrogen-bond donors (Lipinski definition) is 2. The lowest BCUT2D eigenvalue weighted by atomic mass is 9.82. The maximum absolute atomic E-state index is 13.9. The highest BCUT2D eigenvalue weighted by atomic mass is 35.5. The zero-order valence-corrected chi connectivity index (χ0v) is 23.6. The van der Waals surface area contributed by atoms with Crippen LogP contribution < -0.4 is 19.8 Å². The molecule has 0 saturated carbocycles. The van der Waals surface area contributed by atoms with Gasteiger partial charge in [0.15, 0.2) is 6.61 Å². The Morgan fingerprint density at radius 3 is 2.42 bits per heavy atom. The second-order valence-corrected chi connectivity index (χ2v) is 12.2. The van der Waals surface area contributed by atoms with E-state index in [1.54, 1.807) is 66.7 Å². The minimum absolute atomic E-state index is 0.302. The highest BCUT2D eigenvalue weighted by Gasteiger charge is 2.56. The van der Waals surface area contributed by atoms with Gasteiger partial charge in [-0.1, -0.05) is 64.5 Å². The molecular formula is C28H19Cl2N3O5S2. The van der Waals surface area contributed by atoms with E-state index in [2.05, 4.69) is 10.3 Å². The average Bonchev–Trinajstić information content (AvgIpc) is 3.43. The van der Waals surface area contributed by atoms with Crippen LogP contribution >= 0.6 is 46.3 Å². The largest absolute Gasteiger partial charge is 0.483 e. The predicted octanol–water partition coefficient (Wildman–Crippen LogP) is 5.56. The summed E-state index contributed by atoms with van der Waals surface area (Å²) in [6, 6.07) is 20.3. The molecule has 3 aromatic carbocycles. The van der Waals surface area contributed by atoms with Crippen molar-refractivity contribution < 1.29 is 19.1 Å².